The number of carbonyl (C=O) groups excluding carboxylic acids is 1. The molecule has 6 nitrogen and oxygen atoms in total. The fraction of sp³-hybridized carbons (Fsp3) is 0.190. The van der Waals surface area contributed by atoms with E-state index in [-0.39, 0.29) is 5.91 Å². The number of rotatable bonds is 8. The van der Waals surface area contributed by atoms with Gasteiger partial charge in [0.05, 0.1) is 7.11 Å². The van der Waals surface area contributed by atoms with Crippen molar-refractivity contribution < 1.29 is 9.53 Å². The van der Waals surface area contributed by atoms with Crippen LogP contribution >= 0.6 is 0 Å². The molecule has 0 aliphatic rings. The summed E-state index contributed by atoms with van der Waals surface area (Å²) in [6.07, 6.45) is 4.27. The lowest BCUT2D eigenvalue weighted by atomic mass is 10.1. The standard InChI is InChI=1S/C21H22N4O2/c1-27-18-9-7-16(8-10-18)11-13-23-21(26)19-5-2-6-20(25-19)24-15-17-4-3-12-22-14-17/h2-10,12,14H,11,13,15H2,1H3,(H,23,26)(H,24,25). The van der Waals surface area contributed by atoms with Crippen LogP contribution in [0.2, 0.25) is 0 Å². The Morgan fingerprint density at radius 2 is 1.89 bits per heavy atom. The Bertz CT molecular complexity index is 867. The van der Waals surface area contributed by atoms with Gasteiger partial charge in [-0.3, -0.25) is 9.78 Å². The predicted octanol–water partition coefficient (Wildman–Crippen LogP) is 3.07. The molecule has 0 bridgehead atoms. The van der Waals surface area contributed by atoms with Crippen molar-refractivity contribution in [3.05, 3.63) is 83.8 Å². The Kier molecular flexibility index (Phi) is 6.35. The number of ether oxygens (including phenoxy) is 1. The summed E-state index contributed by atoms with van der Waals surface area (Å²) in [4.78, 5) is 20.8. The van der Waals surface area contributed by atoms with Crippen molar-refractivity contribution in [1.29, 1.82) is 0 Å². The molecule has 3 aromatic rings. The highest BCUT2D eigenvalue weighted by atomic mass is 16.5. The number of nitrogens with one attached hydrogen (secondary N) is 2. The Morgan fingerprint density at radius 3 is 2.63 bits per heavy atom. The number of aromatic nitrogens is 2. The summed E-state index contributed by atoms with van der Waals surface area (Å²) < 4.78 is 5.14. The maximum Gasteiger partial charge on any atom is 0.269 e. The van der Waals surface area contributed by atoms with Crippen molar-refractivity contribution >= 4 is 11.7 Å². The van der Waals surface area contributed by atoms with E-state index in [1.807, 2.05) is 48.5 Å². The van der Waals surface area contributed by atoms with Crippen molar-refractivity contribution in [1.82, 2.24) is 15.3 Å². The van der Waals surface area contributed by atoms with Crippen LogP contribution in [0.3, 0.4) is 0 Å². The van der Waals surface area contributed by atoms with Crippen molar-refractivity contribution in [2.45, 2.75) is 13.0 Å². The van der Waals surface area contributed by atoms with Gasteiger partial charge < -0.3 is 15.4 Å². The Labute approximate surface area is 158 Å². The molecule has 3 rings (SSSR count). The van der Waals surface area contributed by atoms with Gasteiger partial charge in [-0.15, -0.1) is 0 Å². The quantitative estimate of drug-likeness (QED) is 0.644. The van der Waals surface area contributed by atoms with E-state index in [0.717, 1.165) is 23.3 Å². The Balaban J connectivity index is 1.50. The van der Waals surface area contributed by atoms with E-state index >= 15 is 0 Å². The molecule has 138 valence electrons. The summed E-state index contributed by atoms with van der Waals surface area (Å²) in [5.74, 6) is 1.29. The van der Waals surface area contributed by atoms with Gasteiger partial charge in [-0.25, -0.2) is 4.98 Å². The summed E-state index contributed by atoms with van der Waals surface area (Å²) in [6, 6.07) is 17.0. The second-order valence-corrected chi connectivity index (χ2v) is 5.98. The highest BCUT2D eigenvalue weighted by Gasteiger charge is 2.07. The molecule has 1 aromatic carbocycles. The third kappa shape index (κ3) is 5.54. The molecule has 6 heteroatoms. The second-order valence-electron chi connectivity index (χ2n) is 5.98. The van der Waals surface area contributed by atoms with E-state index < -0.39 is 0 Å². The third-order valence-corrected chi connectivity index (χ3v) is 4.04. The van der Waals surface area contributed by atoms with Crippen LogP contribution in [0.5, 0.6) is 5.75 Å². The zero-order valence-corrected chi connectivity index (χ0v) is 15.2. The molecule has 0 saturated heterocycles. The molecule has 2 aromatic heterocycles. The Morgan fingerprint density at radius 1 is 1.04 bits per heavy atom. The summed E-state index contributed by atoms with van der Waals surface area (Å²) in [5, 5.41) is 6.11. The maximum absolute atomic E-state index is 12.3. The van der Waals surface area contributed by atoms with Gasteiger partial charge in [-0.1, -0.05) is 24.3 Å². The highest BCUT2D eigenvalue weighted by molar-refractivity contribution is 5.92. The molecule has 2 heterocycles. The van der Waals surface area contributed by atoms with Crippen molar-refractivity contribution in [3.63, 3.8) is 0 Å². The van der Waals surface area contributed by atoms with Crippen molar-refractivity contribution in [2.24, 2.45) is 0 Å². The lowest BCUT2D eigenvalue weighted by molar-refractivity contribution is 0.0949. The molecular formula is C21H22N4O2. The number of amides is 1. The first-order valence-corrected chi connectivity index (χ1v) is 8.75. The Hall–Kier alpha value is -3.41. The van der Waals surface area contributed by atoms with Crippen molar-refractivity contribution in [3.8, 4) is 5.75 Å². The van der Waals surface area contributed by atoms with Crippen LogP contribution in [0.1, 0.15) is 21.6 Å². The van der Waals surface area contributed by atoms with Crippen LogP contribution in [0.15, 0.2) is 67.0 Å². The zero-order valence-electron chi connectivity index (χ0n) is 15.2. The lowest BCUT2D eigenvalue weighted by Gasteiger charge is -2.08. The predicted molar refractivity (Wildman–Crippen MR) is 105 cm³/mol. The average molecular weight is 362 g/mol. The summed E-state index contributed by atoms with van der Waals surface area (Å²) >= 11 is 0. The van der Waals surface area contributed by atoms with Gasteiger partial charge in [0.25, 0.3) is 5.91 Å². The maximum atomic E-state index is 12.3. The molecule has 0 unspecified atom stereocenters. The molecule has 0 saturated carbocycles. The summed E-state index contributed by atoms with van der Waals surface area (Å²) in [5.41, 5.74) is 2.57. The fourth-order valence-electron chi connectivity index (χ4n) is 2.56. The molecule has 1 amide bonds. The number of hydrogen-bond acceptors (Lipinski definition) is 5. The van der Waals surface area contributed by atoms with Gasteiger partial charge in [0.15, 0.2) is 0 Å². The monoisotopic (exact) mass is 362 g/mol. The van der Waals surface area contributed by atoms with Crippen LogP contribution < -0.4 is 15.4 Å². The van der Waals surface area contributed by atoms with Crippen LogP contribution in [0.25, 0.3) is 0 Å². The average Bonchev–Trinajstić information content (AvgIpc) is 2.73. The number of anilines is 1. The molecule has 0 spiro atoms. The van der Waals surface area contributed by atoms with E-state index in [4.69, 9.17) is 4.74 Å². The van der Waals surface area contributed by atoms with E-state index in [1.165, 1.54) is 0 Å². The molecule has 0 fully saturated rings. The molecule has 0 aliphatic heterocycles. The number of carbonyl (C=O) groups is 1. The van der Waals surface area contributed by atoms with Crippen LogP contribution in [0.4, 0.5) is 5.82 Å². The largest absolute Gasteiger partial charge is 0.497 e. The van der Waals surface area contributed by atoms with Crippen molar-refractivity contribution in [2.75, 3.05) is 19.0 Å². The molecular weight excluding hydrogens is 340 g/mol. The number of nitrogens with zero attached hydrogens (tertiary/aromatic N) is 2. The second kappa shape index (κ2) is 9.33. The van der Waals surface area contributed by atoms with Crippen LogP contribution in [0, 0.1) is 0 Å². The lowest BCUT2D eigenvalue weighted by Crippen LogP contribution is -2.26. The topological polar surface area (TPSA) is 76.1 Å². The van der Waals surface area contributed by atoms with E-state index in [2.05, 4.69) is 20.6 Å². The highest BCUT2D eigenvalue weighted by Crippen LogP contribution is 2.11. The SMILES string of the molecule is COc1ccc(CCNC(=O)c2cccc(NCc3cccnc3)n2)cc1. The van der Waals surface area contributed by atoms with Gasteiger partial charge in [0.1, 0.15) is 17.3 Å². The summed E-state index contributed by atoms with van der Waals surface area (Å²) in [7, 11) is 1.64. The number of hydrogen-bond donors (Lipinski definition) is 2. The molecule has 2 N–H and O–H groups in total. The normalized spacial score (nSPS) is 10.3. The first-order chi connectivity index (χ1) is 13.2. The number of methoxy groups -OCH3 is 1. The minimum absolute atomic E-state index is 0.187. The molecule has 27 heavy (non-hydrogen) atoms. The first kappa shape index (κ1) is 18.4. The van der Waals surface area contributed by atoms with E-state index in [0.29, 0.717) is 24.6 Å². The zero-order chi connectivity index (χ0) is 18.9. The van der Waals surface area contributed by atoms with Gasteiger partial charge in [0.2, 0.25) is 0 Å². The van der Waals surface area contributed by atoms with Gasteiger partial charge in [-0.2, -0.15) is 0 Å². The third-order valence-electron chi connectivity index (χ3n) is 4.04. The van der Waals surface area contributed by atoms with Gasteiger partial charge in [0, 0.05) is 25.5 Å². The minimum Gasteiger partial charge on any atom is -0.497 e. The summed E-state index contributed by atoms with van der Waals surface area (Å²) in [6.45, 7) is 1.14. The number of pyridine rings is 2. The van der Waals surface area contributed by atoms with E-state index in [1.54, 1.807) is 25.6 Å². The number of benzene rings is 1. The minimum atomic E-state index is -0.187. The van der Waals surface area contributed by atoms with Gasteiger partial charge in [-0.05, 0) is 47.9 Å². The molecule has 0 radical (unpaired) electrons. The fourth-order valence-corrected chi connectivity index (χ4v) is 2.56. The van der Waals surface area contributed by atoms with Gasteiger partial charge >= 0.3 is 0 Å². The molecule has 0 aliphatic carbocycles. The van der Waals surface area contributed by atoms with E-state index in [9.17, 15) is 4.79 Å². The molecule has 0 atom stereocenters. The van der Waals surface area contributed by atoms with Crippen LogP contribution in [-0.2, 0) is 13.0 Å². The smallest absolute Gasteiger partial charge is 0.269 e. The van der Waals surface area contributed by atoms with Crippen LogP contribution in [-0.4, -0.2) is 29.5 Å². The first-order valence-electron chi connectivity index (χ1n) is 8.75.